The number of aromatic nitrogens is 2. The van der Waals surface area contributed by atoms with Gasteiger partial charge in [-0.3, -0.25) is 0 Å². The molecule has 0 radical (unpaired) electrons. The third-order valence-corrected chi connectivity index (χ3v) is 4.99. The Morgan fingerprint density at radius 3 is 2.43 bits per heavy atom. The van der Waals surface area contributed by atoms with Crippen LogP contribution >= 0.6 is 0 Å². The van der Waals surface area contributed by atoms with Crippen LogP contribution in [0.15, 0.2) is 48.7 Å². The van der Waals surface area contributed by atoms with Crippen LogP contribution in [0.4, 0.5) is 0 Å². The van der Waals surface area contributed by atoms with E-state index < -0.39 is 5.97 Å². The molecule has 0 atom stereocenters. The van der Waals surface area contributed by atoms with E-state index in [1.165, 1.54) is 0 Å². The fourth-order valence-electron chi connectivity index (χ4n) is 3.65. The summed E-state index contributed by atoms with van der Waals surface area (Å²) in [6.07, 6.45) is 1.45. The maximum Gasteiger partial charge on any atom is 0.357 e. The number of hydrogen-bond donors (Lipinski definition) is 1. The first-order chi connectivity index (χ1) is 14.5. The topological polar surface area (TPSA) is 73.4 Å². The Balaban J connectivity index is 1.91. The maximum atomic E-state index is 12.6. The van der Waals surface area contributed by atoms with Gasteiger partial charge in [-0.05, 0) is 49.2 Å². The number of H-pyrrole nitrogens is 1. The molecule has 0 bridgehead atoms. The van der Waals surface area contributed by atoms with E-state index >= 15 is 0 Å². The van der Waals surface area contributed by atoms with Gasteiger partial charge in [0.2, 0.25) is 0 Å². The minimum Gasteiger partial charge on any atom is -0.497 e. The normalized spacial score (nSPS) is 11.4. The highest BCUT2D eigenvalue weighted by Gasteiger charge is 2.21. The third kappa shape index (κ3) is 3.62. The number of benzene rings is 2. The minimum atomic E-state index is -0.445. The van der Waals surface area contributed by atoms with E-state index in [4.69, 9.17) is 14.2 Å². The lowest BCUT2D eigenvalue weighted by Gasteiger charge is -2.12. The van der Waals surface area contributed by atoms with Crippen LogP contribution in [-0.2, 0) is 16.1 Å². The lowest BCUT2D eigenvalue weighted by atomic mass is 10.0. The van der Waals surface area contributed by atoms with Crippen molar-refractivity contribution in [3.63, 3.8) is 0 Å². The maximum absolute atomic E-state index is 12.6. The quantitative estimate of drug-likeness (QED) is 0.453. The molecular weight excluding hydrogens is 380 g/mol. The van der Waals surface area contributed by atoms with E-state index in [2.05, 4.69) is 22.1 Å². The van der Waals surface area contributed by atoms with Gasteiger partial charge in [0.25, 0.3) is 0 Å². The molecule has 0 saturated carbocycles. The van der Waals surface area contributed by atoms with Crippen molar-refractivity contribution in [1.29, 1.82) is 0 Å². The molecule has 0 saturated heterocycles. The Morgan fingerprint density at radius 1 is 1.03 bits per heavy atom. The zero-order valence-corrected chi connectivity index (χ0v) is 17.5. The Morgan fingerprint density at radius 2 is 1.77 bits per heavy atom. The van der Waals surface area contributed by atoms with Crippen molar-refractivity contribution in [2.24, 2.45) is 0 Å². The first-order valence-corrected chi connectivity index (χ1v) is 9.79. The number of hydrogen-bond acceptors (Lipinski definition) is 5. The van der Waals surface area contributed by atoms with Crippen LogP contribution in [0, 0.1) is 0 Å². The summed E-state index contributed by atoms with van der Waals surface area (Å²) < 4.78 is 16.1. The SMILES string of the molecule is COCc1c(C(=O)OC(C)C)ncc2[nH]c3ccc(-c4ccc(OC)cc4)cc3c12. The van der Waals surface area contributed by atoms with Crippen LogP contribution in [0.1, 0.15) is 29.9 Å². The fourth-order valence-corrected chi connectivity index (χ4v) is 3.65. The van der Waals surface area contributed by atoms with Gasteiger partial charge in [0.15, 0.2) is 5.69 Å². The number of rotatable bonds is 6. The first kappa shape index (κ1) is 19.9. The van der Waals surface area contributed by atoms with Crippen LogP contribution in [0.25, 0.3) is 32.9 Å². The van der Waals surface area contributed by atoms with Crippen LogP contribution in [0.5, 0.6) is 5.75 Å². The molecule has 154 valence electrons. The fraction of sp³-hybridized carbons (Fsp3) is 0.250. The Bertz CT molecular complexity index is 1210. The second-order valence-electron chi connectivity index (χ2n) is 7.37. The number of esters is 1. The monoisotopic (exact) mass is 404 g/mol. The molecule has 0 unspecified atom stereocenters. The molecule has 0 fully saturated rings. The van der Waals surface area contributed by atoms with Gasteiger partial charge in [0.05, 0.1) is 31.5 Å². The number of methoxy groups -OCH3 is 2. The van der Waals surface area contributed by atoms with Gasteiger partial charge >= 0.3 is 5.97 Å². The van der Waals surface area contributed by atoms with E-state index in [0.717, 1.165) is 44.2 Å². The molecular formula is C24H24N2O4. The molecule has 1 N–H and O–H groups in total. The average molecular weight is 404 g/mol. The summed E-state index contributed by atoms with van der Waals surface area (Å²) in [7, 11) is 3.26. The molecule has 2 aromatic heterocycles. The number of carbonyl (C=O) groups is 1. The molecule has 0 spiro atoms. The van der Waals surface area contributed by atoms with Gasteiger partial charge in [-0.2, -0.15) is 0 Å². The van der Waals surface area contributed by atoms with Crippen molar-refractivity contribution in [3.05, 3.63) is 59.9 Å². The Hall–Kier alpha value is -3.38. The number of fused-ring (bicyclic) bond motifs is 3. The van der Waals surface area contributed by atoms with Gasteiger partial charge in [-0.15, -0.1) is 0 Å². The molecule has 2 heterocycles. The zero-order valence-electron chi connectivity index (χ0n) is 17.5. The van der Waals surface area contributed by atoms with Crippen molar-refractivity contribution in [1.82, 2.24) is 9.97 Å². The van der Waals surface area contributed by atoms with Crippen LogP contribution in [-0.4, -0.2) is 36.3 Å². The summed E-state index contributed by atoms with van der Waals surface area (Å²) in [5, 5.41) is 1.93. The molecule has 6 nitrogen and oxygen atoms in total. The van der Waals surface area contributed by atoms with Gasteiger partial charge in [-0.1, -0.05) is 18.2 Å². The zero-order chi connectivity index (χ0) is 21.3. The number of ether oxygens (including phenoxy) is 3. The van der Waals surface area contributed by atoms with Gasteiger partial charge in [0.1, 0.15) is 5.75 Å². The van der Waals surface area contributed by atoms with E-state index in [9.17, 15) is 4.79 Å². The molecule has 0 aliphatic carbocycles. The van der Waals surface area contributed by atoms with Crippen LogP contribution < -0.4 is 4.74 Å². The number of pyridine rings is 1. The highest BCUT2D eigenvalue weighted by molar-refractivity contribution is 6.12. The van der Waals surface area contributed by atoms with Crippen molar-refractivity contribution in [2.45, 2.75) is 26.6 Å². The second kappa shape index (κ2) is 8.16. The lowest BCUT2D eigenvalue weighted by Crippen LogP contribution is -2.15. The van der Waals surface area contributed by atoms with Crippen molar-refractivity contribution < 1.29 is 19.0 Å². The Labute approximate surface area is 174 Å². The predicted octanol–water partition coefficient (Wildman–Crippen LogP) is 5.10. The average Bonchev–Trinajstić information content (AvgIpc) is 3.12. The summed E-state index contributed by atoms with van der Waals surface area (Å²) in [5.41, 5.74) is 4.97. The van der Waals surface area contributed by atoms with Crippen LogP contribution in [0.2, 0.25) is 0 Å². The van der Waals surface area contributed by atoms with E-state index in [-0.39, 0.29) is 18.4 Å². The molecule has 4 rings (SSSR count). The lowest BCUT2D eigenvalue weighted by molar-refractivity contribution is 0.0366. The summed E-state index contributed by atoms with van der Waals surface area (Å²) >= 11 is 0. The van der Waals surface area contributed by atoms with Crippen molar-refractivity contribution >= 4 is 27.8 Å². The summed E-state index contributed by atoms with van der Waals surface area (Å²) in [6, 6.07) is 14.2. The minimum absolute atomic E-state index is 0.227. The molecule has 2 aromatic carbocycles. The van der Waals surface area contributed by atoms with Gasteiger partial charge < -0.3 is 19.2 Å². The standard InChI is InChI=1S/C24H24N2O4/c1-14(2)30-24(27)23-19(13-28-3)22-18-11-16(15-5-8-17(29-4)9-6-15)7-10-20(18)26-21(22)12-25-23/h5-12,14,26H,13H2,1-4H3. The molecule has 0 aliphatic heterocycles. The number of carbonyl (C=O) groups excluding carboxylic acids is 1. The predicted molar refractivity (Wildman–Crippen MR) is 117 cm³/mol. The smallest absolute Gasteiger partial charge is 0.357 e. The Kier molecular flexibility index (Phi) is 5.42. The molecule has 30 heavy (non-hydrogen) atoms. The number of aromatic amines is 1. The van der Waals surface area contributed by atoms with E-state index in [0.29, 0.717) is 0 Å². The van der Waals surface area contributed by atoms with E-state index in [1.807, 2.05) is 44.2 Å². The van der Waals surface area contributed by atoms with Gasteiger partial charge in [-0.25, -0.2) is 9.78 Å². The molecule has 0 aliphatic rings. The molecule has 0 amide bonds. The van der Waals surface area contributed by atoms with Gasteiger partial charge in [0, 0.05) is 29.0 Å². The van der Waals surface area contributed by atoms with Crippen molar-refractivity contribution in [3.8, 4) is 16.9 Å². The molecule has 4 aromatic rings. The van der Waals surface area contributed by atoms with Crippen LogP contribution in [0.3, 0.4) is 0 Å². The van der Waals surface area contributed by atoms with Crippen molar-refractivity contribution in [2.75, 3.05) is 14.2 Å². The number of nitrogens with zero attached hydrogens (tertiary/aromatic N) is 1. The largest absolute Gasteiger partial charge is 0.497 e. The third-order valence-electron chi connectivity index (χ3n) is 4.99. The molecule has 6 heteroatoms. The summed E-state index contributed by atoms with van der Waals surface area (Å²) in [4.78, 5) is 20.4. The highest BCUT2D eigenvalue weighted by Crippen LogP contribution is 2.34. The second-order valence-corrected chi connectivity index (χ2v) is 7.37. The van der Waals surface area contributed by atoms with E-state index in [1.54, 1.807) is 20.4 Å². The summed E-state index contributed by atoms with van der Waals surface area (Å²) in [6.45, 7) is 3.89. The number of nitrogens with one attached hydrogen (secondary N) is 1. The first-order valence-electron chi connectivity index (χ1n) is 9.79. The highest BCUT2D eigenvalue weighted by atomic mass is 16.5. The summed E-state index contributed by atoms with van der Waals surface area (Å²) in [5.74, 6) is 0.369.